The molecule has 2 aliphatic heterocycles. The molecule has 2 heterocycles. The minimum atomic E-state index is -0.496. The summed E-state index contributed by atoms with van der Waals surface area (Å²) in [5, 5.41) is 9.17. The van der Waals surface area contributed by atoms with Crippen LogP contribution in [0.15, 0.2) is 18.2 Å². The van der Waals surface area contributed by atoms with Gasteiger partial charge in [0, 0.05) is 32.6 Å². The molecule has 2 aliphatic rings. The molecule has 0 N–H and O–H groups in total. The zero-order valence-electron chi connectivity index (χ0n) is 14.6. The highest BCUT2D eigenvalue weighted by molar-refractivity contribution is 5.76. The second-order valence-electron chi connectivity index (χ2n) is 6.80. The van der Waals surface area contributed by atoms with Crippen LogP contribution in [0, 0.1) is 17.1 Å². The van der Waals surface area contributed by atoms with Crippen molar-refractivity contribution in [2.75, 3.05) is 31.1 Å². The number of amides is 1. The molecule has 2 saturated heterocycles. The Hall–Kier alpha value is -2.13. The van der Waals surface area contributed by atoms with Crippen molar-refractivity contribution < 1.29 is 13.9 Å². The van der Waals surface area contributed by atoms with Crippen LogP contribution in [0.25, 0.3) is 0 Å². The van der Waals surface area contributed by atoms with E-state index in [1.807, 2.05) is 15.9 Å². The minimum Gasteiger partial charge on any atom is -0.375 e. The summed E-state index contributed by atoms with van der Waals surface area (Å²) in [6, 6.07) is 6.62. The van der Waals surface area contributed by atoms with Crippen LogP contribution in [-0.2, 0) is 9.53 Å². The molecule has 0 aliphatic carbocycles. The van der Waals surface area contributed by atoms with E-state index in [1.165, 1.54) is 6.07 Å². The van der Waals surface area contributed by atoms with Gasteiger partial charge in [0.15, 0.2) is 0 Å². The minimum absolute atomic E-state index is 0.0785. The molecule has 1 aromatic carbocycles. The monoisotopic (exact) mass is 345 g/mol. The van der Waals surface area contributed by atoms with Crippen LogP contribution in [0.1, 0.15) is 38.2 Å². The molecular weight excluding hydrogens is 321 g/mol. The van der Waals surface area contributed by atoms with E-state index in [2.05, 4.69) is 6.92 Å². The standard InChI is InChI=1S/C19H24FN3O2/c1-14-5-6-15(25-14)7-8-19(24)23-11-9-22(10-12-23)18-4-2-3-17(20)16(18)13-21/h2-4,14-15H,5-12H2,1H3/t14-,15+/m0/s1. The Kier molecular flexibility index (Phi) is 5.54. The molecule has 0 radical (unpaired) electrons. The molecule has 0 bridgehead atoms. The first-order valence-electron chi connectivity index (χ1n) is 8.95. The molecule has 5 nitrogen and oxygen atoms in total. The van der Waals surface area contributed by atoms with E-state index in [4.69, 9.17) is 10.00 Å². The van der Waals surface area contributed by atoms with Gasteiger partial charge in [-0.2, -0.15) is 5.26 Å². The predicted octanol–water partition coefficient (Wildman–Crippen LogP) is 2.69. The predicted molar refractivity (Wildman–Crippen MR) is 92.7 cm³/mol. The summed E-state index contributed by atoms with van der Waals surface area (Å²) in [4.78, 5) is 16.2. The fourth-order valence-electron chi connectivity index (χ4n) is 3.62. The number of rotatable bonds is 4. The van der Waals surface area contributed by atoms with Crippen LogP contribution in [0.2, 0.25) is 0 Å². The third kappa shape index (κ3) is 4.10. The SMILES string of the molecule is C[C@H]1CC[C@H](CCC(=O)N2CCN(c3cccc(F)c3C#N)CC2)O1. The summed E-state index contributed by atoms with van der Waals surface area (Å²) in [6.07, 6.45) is 3.94. The molecule has 0 spiro atoms. The van der Waals surface area contributed by atoms with E-state index in [9.17, 15) is 9.18 Å². The Balaban J connectivity index is 1.51. The normalized spacial score (nSPS) is 23.6. The number of halogens is 1. The first kappa shape index (κ1) is 17.7. The number of anilines is 1. The summed E-state index contributed by atoms with van der Waals surface area (Å²) in [5.74, 6) is -0.341. The fraction of sp³-hybridized carbons (Fsp3) is 0.579. The lowest BCUT2D eigenvalue weighted by molar-refractivity contribution is -0.132. The number of carbonyl (C=O) groups is 1. The highest BCUT2D eigenvalue weighted by Gasteiger charge is 2.26. The van der Waals surface area contributed by atoms with Crippen LogP contribution in [0.3, 0.4) is 0 Å². The van der Waals surface area contributed by atoms with E-state index in [0.29, 0.717) is 44.4 Å². The van der Waals surface area contributed by atoms with Gasteiger partial charge in [-0.1, -0.05) is 6.07 Å². The smallest absolute Gasteiger partial charge is 0.222 e. The zero-order chi connectivity index (χ0) is 17.8. The molecule has 1 aromatic rings. The molecule has 134 valence electrons. The van der Waals surface area contributed by atoms with Gasteiger partial charge < -0.3 is 14.5 Å². The van der Waals surface area contributed by atoms with Crippen molar-refractivity contribution in [3.63, 3.8) is 0 Å². The molecule has 2 fully saturated rings. The summed E-state index contributed by atoms with van der Waals surface area (Å²) in [6.45, 7) is 4.49. The number of piperazine rings is 1. The first-order chi connectivity index (χ1) is 12.1. The van der Waals surface area contributed by atoms with Gasteiger partial charge in [-0.15, -0.1) is 0 Å². The molecule has 0 unspecified atom stereocenters. The van der Waals surface area contributed by atoms with E-state index in [0.717, 1.165) is 19.3 Å². The quantitative estimate of drug-likeness (QED) is 0.842. The Morgan fingerprint density at radius 3 is 2.72 bits per heavy atom. The van der Waals surface area contributed by atoms with Gasteiger partial charge in [0.2, 0.25) is 5.91 Å². The number of nitriles is 1. The van der Waals surface area contributed by atoms with Gasteiger partial charge in [0.05, 0.1) is 17.9 Å². The zero-order valence-corrected chi connectivity index (χ0v) is 14.6. The summed E-state index contributed by atoms with van der Waals surface area (Å²) in [7, 11) is 0. The largest absolute Gasteiger partial charge is 0.375 e. The maximum atomic E-state index is 13.8. The maximum Gasteiger partial charge on any atom is 0.222 e. The molecule has 1 amide bonds. The average Bonchev–Trinajstić information content (AvgIpc) is 3.05. The molecule has 0 aromatic heterocycles. The second kappa shape index (κ2) is 7.83. The third-order valence-electron chi connectivity index (χ3n) is 5.08. The molecule has 25 heavy (non-hydrogen) atoms. The van der Waals surface area contributed by atoms with E-state index in [-0.39, 0.29) is 17.6 Å². The van der Waals surface area contributed by atoms with Crippen LogP contribution in [0.4, 0.5) is 10.1 Å². The van der Waals surface area contributed by atoms with Crippen molar-refractivity contribution in [1.29, 1.82) is 5.26 Å². The molecule has 0 saturated carbocycles. The summed E-state index contributed by atoms with van der Waals surface area (Å²) < 4.78 is 19.5. The Labute approximate surface area is 148 Å². The van der Waals surface area contributed by atoms with Crippen LogP contribution in [-0.4, -0.2) is 49.2 Å². The number of ether oxygens (including phenoxy) is 1. The number of benzene rings is 1. The van der Waals surface area contributed by atoms with Gasteiger partial charge in [0.1, 0.15) is 17.4 Å². The Bertz CT molecular complexity index is 665. The topological polar surface area (TPSA) is 56.6 Å². The Morgan fingerprint density at radius 2 is 2.08 bits per heavy atom. The maximum absolute atomic E-state index is 13.8. The van der Waals surface area contributed by atoms with Crippen molar-refractivity contribution in [2.24, 2.45) is 0 Å². The van der Waals surface area contributed by atoms with Crippen LogP contribution >= 0.6 is 0 Å². The van der Waals surface area contributed by atoms with Crippen molar-refractivity contribution >= 4 is 11.6 Å². The highest BCUT2D eigenvalue weighted by Crippen LogP contribution is 2.25. The Morgan fingerprint density at radius 1 is 1.32 bits per heavy atom. The first-order valence-corrected chi connectivity index (χ1v) is 8.95. The summed E-state index contributed by atoms with van der Waals surface area (Å²) >= 11 is 0. The molecule has 2 atom stereocenters. The van der Waals surface area contributed by atoms with Gasteiger partial charge in [-0.25, -0.2) is 4.39 Å². The lowest BCUT2D eigenvalue weighted by Crippen LogP contribution is -2.49. The van der Waals surface area contributed by atoms with Crippen LogP contribution in [0.5, 0.6) is 0 Å². The van der Waals surface area contributed by atoms with Crippen molar-refractivity contribution in [3.8, 4) is 6.07 Å². The number of hydrogen-bond donors (Lipinski definition) is 0. The van der Waals surface area contributed by atoms with Crippen molar-refractivity contribution in [3.05, 3.63) is 29.6 Å². The molecule has 3 rings (SSSR count). The summed E-state index contributed by atoms with van der Waals surface area (Å²) in [5.41, 5.74) is 0.692. The number of nitrogens with zero attached hydrogens (tertiary/aromatic N) is 3. The lowest BCUT2D eigenvalue weighted by atomic mass is 10.1. The third-order valence-corrected chi connectivity index (χ3v) is 5.08. The van der Waals surface area contributed by atoms with Gasteiger partial charge >= 0.3 is 0 Å². The van der Waals surface area contributed by atoms with Crippen molar-refractivity contribution in [1.82, 2.24) is 4.90 Å². The van der Waals surface area contributed by atoms with Gasteiger partial charge in [-0.05, 0) is 38.3 Å². The highest BCUT2D eigenvalue weighted by atomic mass is 19.1. The van der Waals surface area contributed by atoms with Crippen LogP contribution < -0.4 is 4.90 Å². The second-order valence-corrected chi connectivity index (χ2v) is 6.80. The lowest BCUT2D eigenvalue weighted by Gasteiger charge is -2.36. The van der Waals surface area contributed by atoms with E-state index < -0.39 is 5.82 Å². The average molecular weight is 345 g/mol. The molecule has 6 heteroatoms. The number of hydrogen-bond acceptors (Lipinski definition) is 4. The van der Waals surface area contributed by atoms with Crippen molar-refractivity contribution in [2.45, 2.75) is 44.8 Å². The van der Waals surface area contributed by atoms with E-state index >= 15 is 0 Å². The number of carbonyl (C=O) groups excluding carboxylic acids is 1. The van der Waals surface area contributed by atoms with E-state index in [1.54, 1.807) is 12.1 Å². The van der Waals surface area contributed by atoms with Gasteiger partial charge in [-0.3, -0.25) is 4.79 Å². The fourth-order valence-corrected chi connectivity index (χ4v) is 3.62. The van der Waals surface area contributed by atoms with Gasteiger partial charge in [0.25, 0.3) is 0 Å². The molecular formula is C19H24FN3O2.